The molecule has 0 fully saturated rings. The fourth-order valence-electron chi connectivity index (χ4n) is 2.15. The summed E-state index contributed by atoms with van der Waals surface area (Å²) in [7, 11) is 0. The molecule has 1 heterocycles. The second kappa shape index (κ2) is 4.51. The molecule has 98 valence electrons. The van der Waals surface area contributed by atoms with Crippen molar-refractivity contribution in [3.05, 3.63) is 40.7 Å². The highest BCUT2D eigenvalue weighted by molar-refractivity contribution is 5.46. The van der Waals surface area contributed by atoms with Gasteiger partial charge in [0.05, 0.1) is 11.4 Å². The fraction of sp³-hybridized carbons (Fsp3) is 0.400. The number of benzene rings is 1. The molecule has 0 N–H and O–H groups in total. The first-order valence-corrected chi connectivity index (χ1v) is 6.28. The van der Waals surface area contributed by atoms with Crippen LogP contribution in [-0.2, 0) is 5.41 Å². The Balaban J connectivity index is 2.74. The van der Waals surface area contributed by atoms with Crippen LogP contribution in [0, 0.1) is 25.2 Å². The summed E-state index contributed by atoms with van der Waals surface area (Å²) < 4.78 is 1.79. The van der Waals surface area contributed by atoms with Crippen LogP contribution in [0.4, 0.5) is 0 Å². The average Bonchev–Trinajstić information content (AvgIpc) is 2.75. The van der Waals surface area contributed by atoms with Gasteiger partial charge in [-0.15, -0.1) is 5.10 Å². The van der Waals surface area contributed by atoms with Gasteiger partial charge in [-0.3, -0.25) is 0 Å². The van der Waals surface area contributed by atoms with E-state index in [0.29, 0.717) is 5.69 Å². The Bertz CT molecular complexity index is 654. The van der Waals surface area contributed by atoms with Crippen molar-refractivity contribution in [3.8, 4) is 11.8 Å². The lowest BCUT2D eigenvalue weighted by Crippen LogP contribution is -2.19. The van der Waals surface area contributed by atoms with Crippen molar-refractivity contribution in [2.75, 3.05) is 0 Å². The van der Waals surface area contributed by atoms with E-state index in [1.165, 1.54) is 0 Å². The van der Waals surface area contributed by atoms with Gasteiger partial charge in [-0.25, -0.2) is 4.68 Å². The molecular weight excluding hydrogens is 236 g/mol. The predicted molar refractivity (Wildman–Crippen MR) is 74.2 cm³/mol. The number of aryl methyl sites for hydroxylation is 2. The van der Waals surface area contributed by atoms with Crippen LogP contribution in [0.15, 0.2) is 18.2 Å². The molecule has 0 aliphatic rings. The predicted octanol–water partition coefficient (Wildman–Crippen LogP) is 3.05. The average molecular weight is 254 g/mol. The van der Waals surface area contributed by atoms with E-state index in [-0.39, 0.29) is 5.41 Å². The minimum absolute atomic E-state index is 0.190. The first kappa shape index (κ1) is 13.3. The van der Waals surface area contributed by atoms with Crippen molar-refractivity contribution in [2.45, 2.75) is 40.0 Å². The number of hydrogen-bond acceptors (Lipinski definition) is 3. The van der Waals surface area contributed by atoms with Gasteiger partial charge in [-0.05, 0) is 31.0 Å². The molecule has 0 unspecified atom stereocenters. The normalized spacial score (nSPS) is 11.4. The molecule has 4 heteroatoms. The van der Waals surface area contributed by atoms with E-state index in [1.807, 2.05) is 13.8 Å². The van der Waals surface area contributed by atoms with Crippen molar-refractivity contribution in [2.24, 2.45) is 0 Å². The van der Waals surface area contributed by atoms with E-state index in [4.69, 9.17) is 0 Å². The quantitative estimate of drug-likeness (QED) is 0.786. The van der Waals surface area contributed by atoms with Gasteiger partial charge < -0.3 is 0 Å². The van der Waals surface area contributed by atoms with E-state index in [2.05, 4.69) is 55.4 Å². The third-order valence-electron chi connectivity index (χ3n) is 3.08. The summed E-state index contributed by atoms with van der Waals surface area (Å²) in [4.78, 5) is 0. The lowest BCUT2D eigenvalue weighted by Gasteiger charge is -2.20. The van der Waals surface area contributed by atoms with Crippen molar-refractivity contribution in [1.29, 1.82) is 5.26 Å². The van der Waals surface area contributed by atoms with Gasteiger partial charge in [-0.1, -0.05) is 38.1 Å². The maximum Gasteiger partial charge on any atom is 0.186 e. The first-order chi connectivity index (χ1) is 8.84. The van der Waals surface area contributed by atoms with Crippen molar-refractivity contribution in [1.82, 2.24) is 15.0 Å². The molecule has 1 aromatic carbocycles. The molecule has 0 atom stereocenters. The number of hydrogen-bond donors (Lipinski definition) is 0. The summed E-state index contributed by atoms with van der Waals surface area (Å²) >= 11 is 0. The van der Waals surface area contributed by atoms with Gasteiger partial charge in [0.2, 0.25) is 0 Å². The molecule has 0 saturated heterocycles. The molecular formula is C15H18N4. The molecule has 0 amide bonds. The second-order valence-electron chi connectivity index (χ2n) is 5.85. The van der Waals surface area contributed by atoms with Crippen molar-refractivity contribution < 1.29 is 0 Å². The number of aromatic nitrogens is 3. The van der Waals surface area contributed by atoms with Crippen LogP contribution < -0.4 is 0 Å². The van der Waals surface area contributed by atoms with E-state index in [0.717, 1.165) is 22.5 Å². The highest BCUT2D eigenvalue weighted by Gasteiger charge is 2.26. The molecule has 0 aliphatic carbocycles. The minimum atomic E-state index is -0.190. The lowest BCUT2D eigenvalue weighted by molar-refractivity contribution is 0.541. The van der Waals surface area contributed by atoms with Gasteiger partial charge in [0.1, 0.15) is 6.07 Å². The molecule has 0 radical (unpaired) electrons. The standard InChI is InChI=1S/C15H18N4/c1-10-6-7-11(2)13(8-10)19-14(15(3,4)5)12(9-16)17-18-19/h6-8H,1-5H3. The third-order valence-corrected chi connectivity index (χ3v) is 3.08. The summed E-state index contributed by atoms with van der Waals surface area (Å²) in [5.74, 6) is 0. The Kier molecular flexibility index (Phi) is 3.15. The zero-order valence-corrected chi connectivity index (χ0v) is 12.0. The van der Waals surface area contributed by atoms with Gasteiger partial charge in [-0.2, -0.15) is 5.26 Å². The number of nitrogens with zero attached hydrogens (tertiary/aromatic N) is 4. The molecule has 19 heavy (non-hydrogen) atoms. The van der Waals surface area contributed by atoms with E-state index >= 15 is 0 Å². The summed E-state index contributed by atoms with van der Waals surface area (Å²) in [6.45, 7) is 10.3. The van der Waals surface area contributed by atoms with Crippen molar-refractivity contribution >= 4 is 0 Å². The number of nitriles is 1. The van der Waals surface area contributed by atoms with Crippen LogP contribution in [0.5, 0.6) is 0 Å². The van der Waals surface area contributed by atoms with E-state index in [1.54, 1.807) is 4.68 Å². The zero-order chi connectivity index (χ0) is 14.2. The van der Waals surface area contributed by atoms with Gasteiger partial charge >= 0.3 is 0 Å². The lowest BCUT2D eigenvalue weighted by atomic mass is 9.90. The second-order valence-corrected chi connectivity index (χ2v) is 5.85. The Labute approximate surface area is 113 Å². The summed E-state index contributed by atoms with van der Waals surface area (Å²) in [6.07, 6.45) is 0. The largest absolute Gasteiger partial charge is 0.215 e. The molecule has 0 spiro atoms. The Morgan fingerprint density at radius 1 is 1.21 bits per heavy atom. The topological polar surface area (TPSA) is 54.5 Å². The smallest absolute Gasteiger partial charge is 0.186 e. The summed E-state index contributed by atoms with van der Waals surface area (Å²) in [5.41, 5.74) is 4.32. The van der Waals surface area contributed by atoms with Crippen molar-refractivity contribution in [3.63, 3.8) is 0 Å². The molecule has 0 saturated carbocycles. The highest BCUT2D eigenvalue weighted by atomic mass is 15.4. The SMILES string of the molecule is Cc1ccc(C)c(-n2nnc(C#N)c2C(C)(C)C)c1. The zero-order valence-electron chi connectivity index (χ0n) is 12.0. The van der Waals surface area contributed by atoms with E-state index in [9.17, 15) is 5.26 Å². The molecule has 4 nitrogen and oxygen atoms in total. The highest BCUT2D eigenvalue weighted by Crippen LogP contribution is 2.28. The summed E-state index contributed by atoms with van der Waals surface area (Å²) in [6, 6.07) is 8.33. The fourth-order valence-corrected chi connectivity index (χ4v) is 2.15. The Hall–Kier alpha value is -2.15. The van der Waals surface area contributed by atoms with Gasteiger partial charge in [0, 0.05) is 5.41 Å². The maximum atomic E-state index is 9.20. The molecule has 2 rings (SSSR count). The van der Waals surface area contributed by atoms with Crippen LogP contribution in [0.1, 0.15) is 43.3 Å². The van der Waals surface area contributed by atoms with Crippen LogP contribution in [0.3, 0.4) is 0 Å². The van der Waals surface area contributed by atoms with Crippen LogP contribution >= 0.6 is 0 Å². The molecule has 1 aromatic heterocycles. The number of rotatable bonds is 1. The van der Waals surface area contributed by atoms with E-state index < -0.39 is 0 Å². The monoisotopic (exact) mass is 254 g/mol. The maximum absolute atomic E-state index is 9.20. The van der Waals surface area contributed by atoms with Gasteiger partial charge in [0.15, 0.2) is 5.69 Å². The molecule has 0 bridgehead atoms. The van der Waals surface area contributed by atoms with Crippen LogP contribution in [0.25, 0.3) is 5.69 Å². The molecule has 2 aromatic rings. The minimum Gasteiger partial charge on any atom is -0.215 e. The van der Waals surface area contributed by atoms with Crippen LogP contribution in [0.2, 0.25) is 0 Å². The molecule has 0 aliphatic heterocycles. The summed E-state index contributed by atoms with van der Waals surface area (Å²) in [5, 5.41) is 17.4. The van der Waals surface area contributed by atoms with Crippen LogP contribution in [-0.4, -0.2) is 15.0 Å². The third kappa shape index (κ3) is 2.37. The van der Waals surface area contributed by atoms with Gasteiger partial charge in [0.25, 0.3) is 0 Å². The first-order valence-electron chi connectivity index (χ1n) is 6.28. The Morgan fingerprint density at radius 3 is 2.47 bits per heavy atom. The Morgan fingerprint density at radius 2 is 1.89 bits per heavy atom.